The van der Waals surface area contributed by atoms with Crippen LogP contribution in [0.2, 0.25) is 0 Å². The van der Waals surface area contributed by atoms with Gasteiger partial charge in [-0.3, -0.25) is 0 Å². The second-order valence-corrected chi connectivity index (χ2v) is 11.7. The highest BCUT2D eigenvalue weighted by Gasteiger charge is 2.52. The predicted molar refractivity (Wildman–Crippen MR) is 146 cm³/mol. The molecular formula is C31H18BF20N. The molecule has 290 valence electrons. The molecule has 53 heavy (non-hydrogen) atoms. The molecule has 1 unspecified atom stereocenters. The minimum atomic E-state index is -7.22. The molecular weight excluding hydrogens is 777 g/mol. The molecule has 4 rings (SSSR count). The Hall–Kier alpha value is -4.50. The van der Waals surface area contributed by atoms with E-state index in [0.29, 0.717) is 0 Å². The molecule has 0 aliphatic heterocycles. The fourth-order valence-corrected chi connectivity index (χ4v) is 5.72. The highest BCUT2D eigenvalue weighted by molar-refractivity contribution is 7.20. The SMILES string of the molecule is CCC(C)C[NH+](C)C.Fc1c(F)c(F)c([B-](c2c(F)c(F)c(F)c(F)c2F)(c2c(F)c(F)c(F)c(F)c2F)c2c(F)c(F)c(F)c(F)c2F)c(F)c1F. The minimum absolute atomic E-state index is 0.889. The summed E-state index contributed by atoms with van der Waals surface area (Å²) in [5.74, 6) is -70.5. The third-order valence-electron chi connectivity index (χ3n) is 8.16. The summed E-state index contributed by atoms with van der Waals surface area (Å²) < 4.78 is 294. The first-order valence-corrected chi connectivity index (χ1v) is 14.4. The summed E-state index contributed by atoms with van der Waals surface area (Å²) in [5.41, 5.74) is -14.3. The molecule has 0 radical (unpaired) electrons. The van der Waals surface area contributed by atoms with Gasteiger partial charge in [0, 0.05) is 5.92 Å². The number of hydrogen-bond donors (Lipinski definition) is 1. The highest BCUT2D eigenvalue weighted by Crippen LogP contribution is 2.30. The zero-order valence-electron chi connectivity index (χ0n) is 26.6. The molecule has 1 atom stereocenters. The Morgan fingerprint density at radius 1 is 0.340 bits per heavy atom. The Kier molecular flexibility index (Phi) is 12.5. The van der Waals surface area contributed by atoms with Crippen molar-refractivity contribution in [3.05, 3.63) is 116 Å². The van der Waals surface area contributed by atoms with E-state index in [2.05, 4.69) is 27.9 Å². The number of halogens is 20. The van der Waals surface area contributed by atoms with Gasteiger partial charge in [0.05, 0.1) is 20.6 Å². The zero-order valence-corrected chi connectivity index (χ0v) is 26.6. The van der Waals surface area contributed by atoms with Crippen molar-refractivity contribution in [1.29, 1.82) is 0 Å². The van der Waals surface area contributed by atoms with Crippen LogP contribution in [0.25, 0.3) is 0 Å². The van der Waals surface area contributed by atoms with Crippen LogP contribution in [0.5, 0.6) is 0 Å². The number of quaternary nitrogens is 1. The van der Waals surface area contributed by atoms with Crippen LogP contribution >= 0.6 is 0 Å². The Morgan fingerprint density at radius 2 is 0.491 bits per heavy atom. The maximum absolute atomic E-state index is 15.4. The molecule has 0 fully saturated rings. The van der Waals surface area contributed by atoms with Gasteiger partial charge in [0.1, 0.15) is 52.7 Å². The first kappa shape index (κ1) is 42.9. The maximum atomic E-state index is 15.4. The Morgan fingerprint density at radius 3 is 0.604 bits per heavy atom. The predicted octanol–water partition coefficient (Wildman–Crippen LogP) is 6.02. The van der Waals surface area contributed by atoms with Crippen molar-refractivity contribution in [2.45, 2.75) is 20.3 Å². The topological polar surface area (TPSA) is 4.44 Å². The second-order valence-electron chi connectivity index (χ2n) is 11.7. The molecule has 0 amide bonds. The van der Waals surface area contributed by atoms with E-state index in [9.17, 15) is 52.7 Å². The molecule has 0 aliphatic carbocycles. The van der Waals surface area contributed by atoms with Gasteiger partial charge in [-0.2, -0.15) is 0 Å². The third-order valence-corrected chi connectivity index (χ3v) is 8.16. The molecule has 4 aromatic rings. The van der Waals surface area contributed by atoms with E-state index in [0.717, 1.165) is 5.92 Å². The van der Waals surface area contributed by atoms with Gasteiger partial charge < -0.3 is 4.90 Å². The summed E-state index contributed by atoms with van der Waals surface area (Å²) in [6.07, 6.45) is -5.91. The summed E-state index contributed by atoms with van der Waals surface area (Å²) in [5, 5.41) is 0. The average Bonchev–Trinajstić information content (AvgIpc) is 3.11. The average molecular weight is 795 g/mol. The first-order valence-electron chi connectivity index (χ1n) is 14.4. The van der Waals surface area contributed by atoms with E-state index in [-0.39, 0.29) is 0 Å². The number of rotatable bonds is 7. The zero-order chi connectivity index (χ0) is 40.9. The van der Waals surface area contributed by atoms with E-state index in [4.69, 9.17) is 0 Å². The van der Waals surface area contributed by atoms with Crippen molar-refractivity contribution in [3.8, 4) is 0 Å². The lowest BCUT2D eigenvalue weighted by molar-refractivity contribution is -0.861. The van der Waals surface area contributed by atoms with E-state index in [1.54, 1.807) is 4.90 Å². The maximum Gasteiger partial charge on any atom is 0.200 e. The number of nitrogens with one attached hydrogen (secondary N) is 1. The van der Waals surface area contributed by atoms with Crippen molar-refractivity contribution in [2.24, 2.45) is 5.92 Å². The second kappa shape index (κ2) is 15.5. The van der Waals surface area contributed by atoms with Crippen molar-refractivity contribution in [2.75, 3.05) is 20.6 Å². The molecule has 0 saturated carbocycles. The Bertz CT molecular complexity index is 1720. The van der Waals surface area contributed by atoms with Crippen LogP contribution in [0.4, 0.5) is 87.8 Å². The van der Waals surface area contributed by atoms with Crippen molar-refractivity contribution in [1.82, 2.24) is 0 Å². The molecule has 22 heteroatoms. The van der Waals surface area contributed by atoms with Gasteiger partial charge >= 0.3 is 0 Å². The fraction of sp³-hybridized carbons (Fsp3) is 0.226. The summed E-state index contributed by atoms with van der Waals surface area (Å²) in [7, 11) is 4.40. The highest BCUT2D eigenvalue weighted by atomic mass is 19.2. The van der Waals surface area contributed by atoms with Crippen LogP contribution in [0.3, 0.4) is 0 Å². The largest absolute Gasteiger partial charge is 0.340 e. The summed E-state index contributed by atoms with van der Waals surface area (Å²) in [6.45, 7) is 5.84. The lowest BCUT2D eigenvalue weighted by Crippen LogP contribution is -3.06. The summed E-state index contributed by atoms with van der Waals surface area (Å²) in [6, 6.07) is 0. The van der Waals surface area contributed by atoms with Crippen LogP contribution in [-0.4, -0.2) is 26.8 Å². The Labute approximate surface area is 284 Å². The quantitative estimate of drug-likeness (QED) is 0.101. The van der Waals surface area contributed by atoms with E-state index in [1.165, 1.54) is 13.0 Å². The molecule has 0 spiro atoms. The molecule has 0 bridgehead atoms. The van der Waals surface area contributed by atoms with E-state index >= 15 is 35.1 Å². The minimum Gasteiger partial charge on any atom is -0.340 e. The van der Waals surface area contributed by atoms with Crippen LogP contribution in [-0.2, 0) is 0 Å². The third kappa shape index (κ3) is 6.66. The van der Waals surface area contributed by atoms with Gasteiger partial charge in [0.15, 0.2) is 69.8 Å². The van der Waals surface area contributed by atoms with Gasteiger partial charge in [0.2, 0.25) is 0 Å². The van der Waals surface area contributed by atoms with Gasteiger partial charge in [-0.1, -0.05) is 13.8 Å². The molecule has 4 aromatic carbocycles. The molecule has 0 aliphatic rings. The molecule has 0 heterocycles. The van der Waals surface area contributed by atoms with Crippen molar-refractivity contribution < 1.29 is 92.7 Å². The Balaban J connectivity index is 0.000000846. The van der Waals surface area contributed by atoms with Crippen LogP contribution in [0, 0.1) is 122 Å². The normalized spacial score (nSPS) is 12.4. The smallest absolute Gasteiger partial charge is 0.200 e. The van der Waals surface area contributed by atoms with Gasteiger partial charge in [0.25, 0.3) is 0 Å². The van der Waals surface area contributed by atoms with Crippen LogP contribution in [0.1, 0.15) is 20.3 Å². The number of hydrogen-bond acceptors (Lipinski definition) is 0. The number of benzene rings is 4. The molecule has 0 aromatic heterocycles. The van der Waals surface area contributed by atoms with E-state index in [1.807, 2.05) is 0 Å². The first-order chi connectivity index (χ1) is 24.4. The van der Waals surface area contributed by atoms with Crippen LogP contribution in [0.15, 0.2) is 0 Å². The van der Waals surface area contributed by atoms with E-state index < -0.39 is 144 Å². The van der Waals surface area contributed by atoms with Crippen molar-refractivity contribution >= 4 is 28.0 Å². The molecule has 1 nitrogen and oxygen atoms in total. The standard InChI is InChI=1S/C24BF20.C7H17N/c26-5-1(6(27)14(35)21(42)13(5)34)25(2-7(28)15(36)22(43)16(37)8(2)29,3-9(30)17(38)23(44)18(39)10(3)31)4-11(32)19(40)24(45)20(41)12(4)33;1-5-7(2)6-8(3)4/h;7H,5-6H2,1-4H3/q-1;/p+1. The van der Waals surface area contributed by atoms with Gasteiger partial charge in [-0.25, -0.2) is 87.8 Å². The van der Waals surface area contributed by atoms with Crippen LogP contribution < -0.4 is 26.8 Å². The summed E-state index contributed by atoms with van der Waals surface area (Å²) in [4.78, 5) is 1.55. The molecule has 1 N–H and O–H groups in total. The fourth-order valence-electron chi connectivity index (χ4n) is 5.72. The van der Waals surface area contributed by atoms with Gasteiger partial charge in [-0.15, -0.1) is 21.9 Å². The lowest BCUT2D eigenvalue weighted by Gasteiger charge is -2.44. The summed E-state index contributed by atoms with van der Waals surface area (Å²) >= 11 is 0. The van der Waals surface area contributed by atoms with Gasteiger partial charge in [-0.05, 0) is 6.42 Å². The van der Waals surface area contributed by atoms with Crippen molar-refractivity contribution in [3.63, 3.8) is 0 Å². The monoisotopic (exact) mass is 795 g/mol. The lowest BCUT2D eigenvalue weighted by atomic mass is 9.12. The molecule has 0 saturated heterocycles.